The monoisotopic (exact) mass is 354 g/mol. The molecule has 2 aromatic carbocycles. The van der Waals surface area contributed by atoms with Gasteiger partial charge in [-0.25, -0.2) is 9.59 Å². The van der Waals surface area contributed by atoms with Crippen LogP contribution in [0.5, 0.6) is 5.75 Å². The van der Waals surface area contributed by atoms with Crippen molar-refractivity contribution in [2.75, 3.05) is 0 Å². The molecule has 3 N–H and O–H groups in total. The maximum absolute atomic E-state index is 11.3. The summed E-state index contributed by atoms with van der Waals surface area (Å²) in [6, 6.07) is 8.59. The van der Waals surface area contributed by atoms with E-state index >= 15 is 0 Å². The molecule has 0 spiro atoms. The minimum absolute atomic E-state index is 0.0228. The van der Waals surface area contributed by atoms with Crippen LogP contribution in [0, 0.1) is 6.92 Å². The maximum Gasteiger partial charge on any atom is 0.336 e. The van der Waals surface area contributed by atoms with Crippen LogP contribution in [0.25, 0.3) is 11.1 Å². The van der Waals surface area contributed by atoms with Crippen molar-refractivity contribution in [2.45, 2.75) is 32.6 Å². The molecule has 1 aliphatic rings. The number of allylic oxidation sites excluding steroid dienone is 2. The van der Waals surface area contributed by atoms with Crippen LogP contribution in [-0.4, -0.2) is 27.3 Å². The molecule has 2 aromatic rings. The summed E-state index contributed by atoms with van der Waals surface area (Å²) in [5.74, 6) is -2.37. The average Bonchev–Trinajstić information content (AvgIpc) is 2.63. The number of hydrogen-bond acceptors (Lipinski definition) is 3. The third-order valence-electron chi connectivity index (χ3n) is 4.06. The molecule has 136 valence electrons. The van der Waals surface area contributed by atoms with Gasteiger partial charge in [-0.3, -0.25) is 0 Å². The number of aromatic carboxylic acids is 2. The first-order valence-corrected chi connectivity index (χ1v) is 8.45. The van der Waals surface area contributed by atoms with E-state index in [4.69, 9.17) is 0 Å². The van der Waals surface area contributed by atoms with Gasteiger partial charge >= 0.3 is 11.9 Å². The molecule has 0 atom stereocenters. The molecule has 3 rings (SSSR count). The Bertz CT molecular complexity index is 776. The first kappa shape index (κ1) is 19.2. The van der Waals surface area contributed by atoms with Gasteiger partial charge in [0.05, 0.1) is 11.1 Å². The van der Waals surface area contributed by atoms with Gasteiger partial charge in [-0.2, -0.15) is 0 Å². The highest BCUT2D eigenvalue weighted by Gasteiger charge is 2.20. The molecule has 0 fully saturated rings. The van der Waals surface area contributed by atoms with Gasteiger partial charge in [-0.1, -0.05) is 24.3 Å². The summed E-state index contributed by atoms with van der Waals surface area (Å²) in [4.78, 5) is 22.7. The van der Waals surface area contributed by atoms with Crippen molar-refractivity contribution in [1.82, 2.24) is 0 Å². The Morgan fingerprint density at radius 1 is 0.846 bits per heavy atom. The lowest BCUT2D eigenvalue weighted by Gasteiger charge is -2.12. The molecule has 0 unspecified atom stereocenters. The fourth-order valence-electron chi connectivity index (χ4n) is 2.82. The molecule has 0 heterocycles. The lowest BCUT2D eigenvalue weighted by Crippen LogP contribution is -2.08. The predicted octanol–water partition coefficient (Wildman–Crippen LogP) is 4.88. The minimum Gasteiger partial charge on any atom is -0.508 e. The summed E-state index contributed by atoms with van der Waals surface area (Å²) in [5, 5.41) is 27.8. The van der Waals surface area contributed by atoms with Crippen LogP contribution in [0.1, 0.15) is 52.0 Å². The van der Waals surface area contributed by atoms with E-state index in [0.717, 1.165) is 0 Å². The van der Waals surface area contributed by atoms with Gasteiger partial charge in [0.2, 0.25) is 0 Å². The quantitative estimate of drug-likeness (QED) is 0.683. The van der Waals surface area contributed by atoms with Gasteiger partial charge < -0.3 is 15.3 Å². The van der Waals surface area contributed by atoms with Gasteiger partial charge in [-0.05, 0) is 68.0 Å². The number of phenolic OH excluding ortho intramolecular Hbond substituents is 1. The van der Waals surface area contributed by atoms with Gasteiger partial charge in [0.1, 0.15) is 5.75 Å². The topological polar surface area (TPSA) is 94.8 Å². The average molecular weight is 354 g/mol. The molecule has 0 saturated heterocycles. The Balaban J connectivity index is 0.000000342. The van der Waals surface area contributed by atoms with Crippen molar-refractivity contribution in [3.05, 3.63) is 65.2 Å². The predicted molar refractivity (Wildman–Crippen MR) is 99.8 cm³/mol. The number of aryl methyl sites for hydroxylation is 1. The largest absolute Gasteiger partial charge is 0.508 e. The first-order chi connectivity index (χ1) is 12.4. The number of aromatic hydroxyl groups is 1. The van der Waals surface area contributed by atoms with Crippen LogP contribution in [0.15, 0.2) is 48.6 Å². The number of carboxylic acid groups (broad SMARTS) is 2. The Hall–Kier alpha value is -3.08. The third kappa shape index (κ3) is 4.96. The van der Waals surface area contributed by atoms with Crippen LogP contribution in [0.4, 0.5) is 0 Å². The second-order valence-corrected chi connectivity index (χ2v) is 6.15. The maximum atomic E-state index is 11.3. The summed E-state index contributed by atoms with van der Waals surface area (Å²) >= 11 is 0. The molecule has 5 nitrogen and oxygen atoms in total. The minimum atomic E-state index is -1.20. The molecule has 0 aliphatic heterocycles. The van der Waals surface area contributed by atoms with Gasteiger partial charge in [0.15, 0.2) is 0 Å². The Labute approximate surface area is 152 Å². The Kier molecular flexibility index (Phi) is 6.55. The van der Waals surface area contributed by atoms with Gasteiger partial charge in [0.25, 0.3) is 0 Å². The zero-order valence-electron chi connectivity index (χ0n) is 14.6. The molecule has 0 saturated carbocycles. The van der Waals surface area contributed by atoms with Crippen molar-refractivity contribution < 1.29 is 24.9 Å². The highest BCUT2D eigenvalue weighted by atomic mass is 16.4. The molecule has 0 radical (unpaired) electrons. The van der Waals surface area contributed by atoms with Crippen LogP contribution >= 0.6 is 0 Å². The summed E-state index contributed by atoms with van der Waals surface area (Å²) in [6.07, 6.45) is 10.0. The zero-order chi connectivity index (χ0) is 19.1. The smallest absolute Gasteiger partial charge is 0.336 e. The van der Waals surface area contributed by atoms with Crippen molar-refractivity contribution in [3.8, 4) is 16.9 Å². The number of hydrogen-bond donors (Lipinski definition) is 3. The highest BCUT2D eigenvalue weighted by molar-refractivity contribution is 6.05. The summed E-state index contributed by atoms with van der Waals surface area (Å²) in [5.41, 5.74) is 0.969. The van der Waals surface area contributed by atoms with E-state index in [0.29, 0.717) is 11.1 Å². The van der Waals surface area contributed by atoms with Gasteiger partial charge in [-0.15, -0.1) is 0 Å². The Morgan fingerprint density at radius 3 is 1.65 bits per heavy atom. The standard InChI is InChI=1S/C15H12O5.C6H10/c1-8-6-11(14(17)18)13(12(7-8)15(19)20)9-2-4-10(16)5-3-9;1-2-4-6-5-3-1/h2-7,16H,1H3,(H,17,18)(H,19,20);1-2H,3-6H2. The van der Waals surface area contributed by atoms with Crippen LogP contribution < -0.4 is 0 Å². The SMILES string of the molecule is C1=CCCCC1.Cc1cc(C(=O)O)c(-c2ccc(O)cc2)c(C(=O)O)c1. The third-order valence-corrected chi connectivity index (χ3v) is 4.06. The molecule has 0 aromatic heterocycles. The van der Waals surface area contributed by atoms with E-state index in [-0.39, 0.29) is 22.4 Å². The number of rotatable bonds is 3. The Morgan fingerprint density at radius 2 is 1.31 bits per heavy atom. The zero-order valence-corrected chi connectivity index (χ0v) is 14.6. The molecular formula is C21H22O5. The van der Waals surface area contributed by atoms with Crippen molar-refractivity contribution in [1.29, 1.82) is 0 Å². The molecule has 0 bridgehead atoms. The van der Waals surface area contributed by atoms with Crippen LogP contribution in [0.2, 0.25) is 0 Å². The van der Waals surface area contributed by atoms with E-state index in [2.05, 4.69) is 12.2 Å². The van der Waals surface area contributed by atoms with E-state index in [1.165, 1.54) is 62.1 Å². The van der Waals surface area contributed by atoms with Crippen LogP contribution in [0.3, 0.4) is 0 Å². The van der Waals surface area contributed by atoms with Crippen molar-refractivity contribution >= 4 is 11.9 Å². The summed E-state index contributed by atoms with van der Waals surface area (Å²) in [6.45, 7) is 1.64. The number of carbonyl (C=O) groups is 2. The normalized spacial score (nSPS) is 12.8. The fraction of sp³-hybridized carbons (Fsp3) is 0.238. The number of carboxylic acids is 2. The fourth-order valence-corrected chi connectivity index (χ4v) is 2.82. The highest BCUT2D eigenvalue weighted by Crippen LogP contribution is 2.30. The second kappa shape index (κ2) is 8.85. The lowest BCUT2D eigenvalue weighted by molar-refractivity contribution is 0.0696. The summed E-state index contributed by atoms with van der Waals surface area (Å²) < 4.78 is 0. The first-order valence-electron chi connectivity index (χ1n) is 8.45. The number of phenols is 1. The molecular weight excluding hydrogens is 332 g/mol. The van der Waals surface area contributed by atoms with E-state index in [1.54, 1.807) is 6.92 Å². The molecule has 5 heteroatoms. The van der Waals surface area contributed by atoms with Crippen LogP contribution in [-0.2, 0) is 0 Å². The van der Waals surface area contributed by atoms with E-state index in [1.807, 2.05) is 0 Å². The van der Waals surface area contributed by atoms with Crippen molar-refractivity contribution in [2.24, 2.45) is 0 Å². The summed E-state index contributed by atoms with van der Waals surface area (Å²) in [7, 11) is 0. The van der Waals surface area contributed by atoms with E-state index in [9.17, 15) is 24.9 Å². The lowest BCUT2D eigenvalue weighted by atomic mass is 9.92. The van der Waals surface area contributed by atoms with E-state index < -0.39 is 11.9 Å². The van der Waals surface area contributed by atoms with Crippen molar-refractivity contribution in [3.63, 3.8) is 0 Å². The number of benzene rings is 2. The molecule has 1 aliphatic carbocycles. The molecule has 0 amide bonds. The second-order valence-electron chi connectivity index (χ2n) is 6.15. The van der Waals surface area contributed by atoms with Gasteiger partial charge in [0, 0.05) is 5.56 Å². The molecule has 26 heavy (non-hydrogen) atoms.